The van der Waals surface area contributed by atoms with Crippen LogP contribution in [0.2, 0.25) is 0 Å². The summed E-state index contributed by atoms with van der Waals surface area (Å²) in [5.74, 6) is -0.987. The Bertz CT molecular complexity index is 481. The number of carboxylic acids is 1. The second-order valence-electron chi connectivity index (χ2n) is 9.62. The first-order chi connectivity index (χ1) is 19.8. The third-order valence-corrected chi connectivity index (χ3v) is 5.97. The molecule has 0 amide bonds. The first kappa shape index (κ1) is 39.1. The van der Waals surface area contributed by atoms with Gasteiger partial charge in [0, 0.05) is 6.61 Å². The molecule has 0 rings (SSSR count). The summed E-state index contributed by atoms with van der Waals surface area (Å²) < 4.78 is 43.0. The van der Waals surface area contributed by atoms with Gasteiger partial charge in [-0.2, -0.15) is 0 Å². The molecular weight excluding hydrogens is 520 g/mol. The van der Waals surface area contributed by atoms with E-state index in [0.29, 0.717) is 85.9 Å². The maximum Gasteiger partial charge on any atom is 0.329 e. The van der Waals surface area contributed by atoms with E-state index in [2.05, 4.69) is 6.92 Å². The monoisotopic (exact) mass is 580 g/mol. The van der Waals surface area contributed by atoms with Crippen molar-refractivity contribution in [3.63, 3.8) is 0 Å². The van der Waals surface area contributed by atoms with Crippen molar-refractivity contribution < 1.29 is 47.8 Å². The van der Waals surface area contributed by atoms with Crippen LogP contribution in [0.1, 0.15) is 84.0 Å². The van der Waals surface area contributed by atoms with Crippen LogP contribution in [0.15, 0.2) is 0 Å². The molecule has 0 aliphatic rings. The highest BCUT2D eigenvalue weighted by molar-refractivity contribution is 5.67. The highest BCUT2D eigenvalue weighted by Crippen LogP contribution is 2.11. The smallest absolute Gasteiger partial charge is 0.329 e. The molecule has 0 aromatic rings. The predicted molar refractivity (Wildman–Crippen MR) is 155 cm³/mol. The van der Waals surface area contributed by atoms with Gasteiger partial charge < -0.3 is 43.0 Å². The van der Waals surface area contributed by atoms with Gasteiger partial charge in [0.05, 0.1) is 92.5 Å². The largest absolute Gasteiger partial charge is 0.480 e. The van der Waals surface area contributed by atoms with Crippen LogP contribution >= 0.6 is 0 Å². The lowest BCUT2D eigenvalue weighted by Crippen LogP contribution is -2.15. The molecule has 0 bridgehead atoms. The lowest BCUT2D eigenvalue weighted by molar-refractivity contribution is -0.142. The quantitative estimate of drug-likeness (QED) is 0.103. The van der Waals surface area contributed by atoms with Crippen molar-refractivity contribution in [3.05, 3.63) is 0 Å². The number of hydrogen-bond acceptors (Lipinski definition) is 9. The summed E-state index contributed by atoms with van der Waals surface area (Å²) in [6, 6.07) is 0. The predicted octanol–water partition coefficient (Wildman–Crippen LogP) is 4.90. The van der Waals surface area contributed by atoms with Gasteiger partial charge in [0.1, 0.15) is 6.61 Å². The summed E-state index contributed by atoms with van der Waals surface area (Å²) in [6.45, 7) is 9.67. The number of carboxylic acid groups (broad SMARTS) is 1. The molecule has 0 unspecified atom stereocenters. The fourth-order valence-electron chi connectivity index (χ4n) is 3.74. The molecule has 0 fully saturated rings. The highest BCUT2D eigenvalue weighted by Gasteiger charge is 1.98. The third-order valence-electron chi connectivity index (χ3n) is 5.97. The topological polar surface area (TPSA) is 111 Å². The van der Waals surface area contributed by atoms with Crippen LogP contribution in [0.3, 0.4) is 0 Å². The zero-order valence-corrected chi connectivity index (χ0v) is 25.4. The second-order valence-corrected chi connectivity index (χ2v) is 9.62. The van der Waals surface area contributed by atoms with E-state index in [1.165, 1.54) is 70.6 Å². The summed E-state index contributed by atoms with van der Waals surface area (Å²) in [5.41, 5.74) is 0. The molecule has 0 aliphatic heterocycles. The van der Waals surface area contributed by atoms with Crippen LogP contribution in [0, 0.1) is 0 Å². The first-order valence-corrected chi connectivity index (χ1v) is 15.6. The summed E-state index contributed by atoms with van der Waals surface area (Å²) in [7, 11) is 0. The minimum Gasteiger partial charge on any atom is -0.480 e. The number of carbonyl (C=O) groups is 1. The molecule has 0 atom stereocenters. The third kappa shape index (κ3) is 37.1. The molecule has 0 aromatic carbocycles. The minimum absolute atomic E-state index is 0.253. The van der Waals surface area contributed by atoms with E-state index < -0.39 is 5.97 Å². The van der Waals surface area contributed by atoms with Gasteiger partial charge in [0.15, 0.2) is 0 Å². The first-order valence-electron chi connectivity index (χ1n) is 15.6. The Morgan fingerprint density at radius 1 is 0.375 bits per heavy atom. The van der Waals surface area contributed by atoms with Crippen LogP contribution in [-0.2, 0) is 42.7 Å². The van der Waals surface area contributed by atoms with Crippen molar-refractivity contribution in [1.29, 1.82) is 0 Å². The molecule has 0 aliphatic carbocycles. The zero-order valence-electron chi connectivity index (χ0n) is 25.4. The van der Waals surface area contributed by atoms with Gasteiger partial charge in [0.2, 0.25) is 0 Å². The van der Waals surface area contributed by atoms with Crippen molar-refractivity contribution in [2.24, 2.45) is 0 Å². The molecule has 0 heterocycles. The van der Waals surface area contributed by atoms with Crippen LogP contribution in [0.4, 0.5) is 0 Å². The molecule has 0 spiro atoms. The van der Waals surface area contributed by atoms with Crippen molar-refractivity contribution in [2.75, 3.05) is 106 Å². The highest BCUT2D eigenvalue weighted by atomic mass is 16.6. The molecule has 0 saturated heterocycles. The van der Waals surface area contributed by atoms with Crippen molar-refractivity contribution in [1.82, 2.24) is 0 Å². The second kappa shape index (κ2) is 36.2. The van der Waals surface area contributed by atoms with Gasteiger partial charge >= 0.3 is 5.97 Å². The molecule has 10 heteroatoms. The fourth-order valence-corrected chi connectivity index (χ4v) is 3.74. The maximum atomic E-state index is 10.3. The molecule has 40 heavy (non-hydrogen) atoms. The van der Waals surface area contributed by atoms with E-state index in [9.17, 15) is 4.79 Å². The molecular formula is C30H60O10. The van der Waals surface area contributed by atoms with Gasteiger partial charge in [-0.25, -0.2) is 4.79 Å². The summed E-state index contributed by atoms with van der Waals surface area (Å²) in [5, 5.41) is 8.42. The molecule has 10 nitrogen and oxygen atoms in total. The zero-order chi connectivity index (χ0) is 29.0. The fraction of sp³-hybridized carbons (Fsp3) is 0.967. The molecule has 0 saturated carbocycles. The lowest BCUT2D eigenvalue weighted by Gasteiger charge is -2.08. The van der Waals surface area contributed by atoms with Crippen LogP contribution in [0.25, 0.3) is 0 Å². The van der Waals surface area contributed by atoms with Crippen LogP contribution in [0.5, 0.6) is 0 Å². The van der Waals surface area contributed by atoms with E-state index in [1.807, 2.05) is 0 Å². The minimum atomic E-state index is -0.987. The van der Waals surface area contributed by atoms with Gasteiger partial charge in [-0.1, -0.05) is 77.6 Å². The Hall–Kier alpha value is -0.850. The van der Waals surface area contributed by atoms with E-state index in [0.717, 1.165) is 13.0 Å². The Morgan fingerprint density at radius 3 is 0.925 bits per heavy atom. The van der Waals surface area contributed by atoms with Crippen LogP contribution in [-0.4, -0.2) is 117 Å². The summed E-state index contributed by atoms with van der Waals surface area (Å²) >= 11 is 0. The number of unbranched alkanes of at least 4 members (excludes halogenated alkanes) is 11. The number of aliphatic carboxylic acids is 1. The van der Waals surface area contributed by atoms with E-state index in [-0.39, 0.29) is 13.2 Å². The summed E-state index contributed by atoms with van der Waals surface area (Å²) in [6.07, 6.45) is 16.3. The van der Waals surface area contributed by atoms with Gasteiger partial charge in [-0.05, 0) is 6.42 Å². The van der Waals surface area contributed by atoms with Crippen molar-refractivity contribution in [2.45, 2.75) is 84.0 Å². The average Bonchev–Trinajstić information content (AvgIpc) is 2.95. The average molecular weight is 581 g/mol. The van der Waals surface area contributed by atoms with E-state index >= 15 is 0 Å². The SMILES string of the molecule is CCCCCCCCCCCCCCOCCOCCOCCOCCOCCOCCOCCOCC(=O)O. The van der Waals surface area contributed by atoms with E-state index in [4.69, 9.17) is 43.0 Å². The number of rotatable bonds is 36. The molecule has 0 radical (unpaired) electrons. The van der Waals surface area contributed by atoms with Gasteiger partial charge in [0.25, 0.3) is 0 Å². The normalized spacial score (nSPS) is 11.4. The van der Waals surface area contributed by atoms with Gasteiger partial charge in [-0.15, -0.1) is 0 Å². The number of hydrogen-bond donors (Lipinski definition) is 1. The molecule has 1 N–H and O–H groups in total. The Kier molecular flexibility index (Phi) is 35.4. The maximum absolute atomic E-state index is 10.3. The Labute approximate surface area is 243 Å². The number of ether oxygens (including phenoxy) is 8. The standard InChI is InChI=1S/C30H60O10/c1-2-3-4-5-6-7-8-9-10-11-12-13-14-33-15-16-34-17-18-35-19-20-36-21-22-37-23-24-38-25-26-39-27-28-40-29-30(31)32/h2-29H2,1H3,(H,31,32). The van der Waals surface area contributed by atoms with Crippen molar-refractivity contribution in [3.8, 4) is 0 Å². The molecule has 240 valence electrons. The molecule has 0 aromatic heterocycles. The Morgan fingerprint density at radius 2 is 0.625 bits per heavy atom. The van der Waals surface area contributed by atoms with Crippen LogP contribution < -0.4 is 0 Å². The van der Waals surface area contributed by atoms with Crippen molar-refractivity contribution >= 4 is 5.97 Å². The lowest BCUT2D eigenvalue weighted by atomic mass is 10.1. The Balaban J connectivity index is 3.03. The van der Waals surface area contributed by atoms with Gasteiger partial charge in [-0.3, -0.25) is 0 Å². The summed E-state index contributed by atoms with van der Waals surface area (Å²) in [4.78, 5) is 10.3. The van der Waals surface area contributed by atoms with E-state index in [1.54, 1.807) is 0 Å².